The van der Waals surface area contributed by atoms with Crippen LogP contribution in [0.2, 0.25) is 25.7 Å². The molecule has 0 aliphatic heterocycles. The number of benzene rings is 1. The molecule has 0 spiro atoms. The van der Waals surface area contributed by atoms with Crippen LogP contribution in [0.1, 0.15) is 19.4 Å². The van der Waals surface area contributed by atoms with Crippen molar-refractivity contribution in [2.75, 3.05) is 33.7 Å². The minimum absolute atomic E-state index is 0.165. The van der Waals surface area contributed by atoms with Gasteiger partial charge in [-0.15, -0.1) is 0 Å². The molecule has 6 nitrogen and oxygen atoms in total. The summed E-state index contributed by atoms with van der Waals surface area (Å²) in [6.45, 7) is 12.0. The summed E-state index contributed by atoms with van der Waals surface area (Å²) in [5, 5.41) is 0. The van der Waals surface area contributed by atoms with Crippen molar-refractivity contribution in [3.05, 3.63) is 23.8 Å². The number of hydrogen-bond donors (Lipinski definition) is 0. The average molecular weight is 405 g/mol. The molecular formula is C18H33O6PSi. The Kier molecular flexibility index (Phi) is 9.89. The zero-order chi connectivity index (χ0) is 19.6. The smallest absolute Gasteiger partial charge is 0.335 e. The fourth-order valence-corrected chi connectivity index (χ4v) is 4.65. The van der Waals surface area contributed by atoms with E-state index in [4.69, 9.17) is 23.3 Å². The molecule has 0 saturated carbocycles. The Bertz CT molecular complexity index is 578. The third kappa shape index (κ3) is 9.19. The molecule has 0 bridgehead atoms. The molecule has 1 rings (SSSR count). The SMILES string of the molecule is CCOP(=O)(Cc1cc(OC)cc(OCOCC[Si](C)(C)C)c1)OCC. The van der Waals surface area contributed by atoms with Crippen LogP contribution < -0.4 is 9.47 Å². The molecule has 0 aliphatic carbocycles. The van der Waals surface area contributed by atoms with Crippen molar-refractivity contribution >= 4 is 15.7 Å². The number of methoxy groups -OCH3 is 1. The third-order valence-corrected chi connectivity index (χ3v) is 7.27. The quantitative estimate of drug-likeness (QED) is 0.196. The van der Waals surface area contributed by atoms with Crippen molar-refractivity contribution in [1.29, 1.82) is 0 Å². The standard InChI is InChI=1S/C18H33O6PSi/c1-7-23-25(19,24-8-2)14-16-11-17(20-3)13-18(12-16)22-15-21-9-10-26(4,5)6/h11-13H,7-10,14-15H2,1-6H3. The Hall–Kier alpha value is -0.853. The van der Waals surface area contributed by atoms with Gasteiger partial charge in [-0.3, -0.25) is 4.57 Å². The van der Waals surface area contributed by atoms with E-state index < -0.39 is 15.7 Å². The van der Waals surface area contributed by atoms with Gasteiger partial charge in [0.25, 0.3) is 0 Å². The van der Waals surface area contributed by atoms with Crippen molar-refractivity contribution in [2.45, 2.75) is 45.7 Å². The summed E-state index contributed by atoms with van der Waals surface area (Å²) in [6.07, 6.45) is 0.165. The van der Waals surface area contributed by atoms with Crippen LogP contribution in [0.25, 0.3) is 0 Å². The number of rotatable bonds is 13. The van der Waals surface area contributed by atoms with E-state index in [1.807, 2.05) is 12.1 Å². The predicted octanol–water partition coefficient (Wildman–Crippen LogP) is 5.15. The molecule has 0 atom stereocenters. The minimum Gasteiger partial charge on any atom is -0.497 e. The van der Waals surface area contributed by atoms with E-state index >= 15 is 0 Å². The molecule has 150 valence electrons. The van der Waals surface area contributed by atoms with E-state index in [1.54, 1.807) is 27.0 Å². The highest BCUT2D eigenvalue weighted by molar-refractivity contribution is 7.53. The fraction of sp³-hybridized carbons (Fsp3) is 0.667. The molecule has 0 radical (unpaired) electrons. The van der Waals surface area contributed by atoms with Crippen LogP contribution in [0.15, 0.2) is 18.2 Å². The summed E-state index contributed by atoms with van der Waals surface area (Å²) in [5.74, 6) is 1.23. The van der Waals surface area contributed by atoms with E-state index in [9.17, 15) is 4.57 Å². The van der Waals surface area contributed by atoms with Crippen molar-refractivity contribution in [3.8, 4) is 11.5 Å². The molecule has 0 aromatic heterocycles. The Balaban J connectivity index is 2.73. The van der Waals surface area contributed by atoms with Crippen molar-refractivity contribution in [2.24, 2.45) is 0 Å². The van der Waals surface area contributed by atoms with Crippen molar-refractivity contribution < 1.29 is 27.8 Å². The molecular weight excluding hydrogens is 371 g/mol. The molecule has 26 heavy (non-hydrogen) atoms. The van der Waals surface area contributed by atoms with Crippen LogP contribution >= 0.6 is 7.60 Å². The molecule has 0 saturated heterocycles. The van der Waals surface area contributed by atoms with Crippen LogP contribution in [0.3, 0.4) is 0 Å². The summed E-state index contributed by atoms with van der Waals surface area (Å²) in [6, 6.07) is 6.49. The monoisotopic (exact) mass is 404 g/mol. The lowest BCUT2D eigenvalue weighted by atomic mass is 10.2. The molecule has 0 unspecified atom stereocenters. The topological polar surface area (TPSA) is 63.2 Å². The number of ether oxygens (including phenoxy) is 3. The van der Waals surface area contributed by atoms with Crippen LogP contribution in [0, 0.1) is 0 Å². The Morgan fingerprint density at radius 2 is 1.62 bits per heavy atom. The lowest BCUT2D eigenvalue weighted by Crippen LogP contribution is -2.22. The summed E-state index contributed by atoms with van der Waals surface area (Å²) in [4.78, 5) is 0. The highest BCUT2D eigenvalue weighted by Gasteiger charge is 2.24. The summed E-state index contributed by atoms with van der Waals surface area (Å²) >= 11 is 0. The zero-order valence-corrected chi connectivity index (χ0v) is 18.8. The summed E-state index contributed by atoms with van der Waals surface area (Å²) in [7, 11) is -2.72. The maximum Gasteiger partial charge on any atom is 0.335 e. The molecule has 0 heterocycles. The van der Waals surface area contributed by atoms with E-state index in [2.05, 4.69) is 19.6 Å². The largest absolute Gasteiger partial charge is 0.497 e. The lowest BCUT2D eigenvalue weighted by Gasteiger charge is -2.18. The fourth-order valence-electron chi connectivity index (χ4n) is 2.22. The van der Waals surface area contributed by atoms with Gasteiger partial charge in [0.2, 0.25) is 0 Å². The Morgan fingerprint density at radius 3 is 2.15 bits per heavy atom. The Morgan fingerprint density at radius 1 is 1.00 bits per heavy atom. The van der Waals surface area contributed by atoms with Gasteiger partial charge in [0.15, 0.2) is 6.79 Å². The highest BCUT2D eigenvalue weighted by Crippen LogP contribution is 2.51. The summed E-state index contributed by atoms with van der Waals surface area (Å²) < 4.78 is 40.0. The number of hydrogen-bond acceptors (Lipinski definition) is 6. The van der Waals surface area contributed by atoms with Crippen LogP contribution in [-0.4, -0.2) is 41.8 Å². The van der Waals surface area contributed by atoms with Gasteiger partial charge >= 0.3 is 7.60 Å². The molecule has 1 aromatic rings. The maximum atomic E-state index is 12.7. The van der Waals surface area contributed by atoms with Gasteiger partial charge in [0.05, 0.1) is 26.5 Å². The Labute approximate surface area is 158 Å². The molecule has 8 heteroatoms. The average Bonchev–Trinajstić information content (AvgIpc) is 2.53. The first-order valence-corrected chi connectivity index (χ1v) is 14.4. The molecule has 0 fully saturated rings. The first-order chi connectivity index (χ1) is 12.2. The minimum atomic E-state index is -3.18. The second kappa shape index (κ2) is 11.1. The van der Waals surface area contributed by atoms with Crippen LogP contribution in [0.4, 0.5) is 0 Å². The van der Waals surface area contributed by atoms with Gasteiger partial charge in [-0.2, -0.15) is 0 Å². The maximum absolute atomic E-state index is 12.7. The van der Waals surface area contributed by atoms with Gasteiger partial charge in [-0.25, -0.2) is 0 Å². The zero-order valence-electron chi connectivity index (χ0n) is 16.9. The summed E-state index contributed by atoms with van der Waals surface area (Å²) in [5.41, 5.74) is 0.770. The van der Waals surface area contributed by atoms with Crippen molar-refractivity contribution in [1.82, 2.24) is 0 Å². The molecule has 0 aliphatic rings. The second-order valence-electron chi connectivity index (χ2n) is 7.10. The van der Waals surface area contributed by atoms with Gasteiger partial charge < -0.3 is 23.3 Å². The van der Waals surface area contributed by atoms with E-state index in [0.29, 0.717) is 31.3 Å². The molecule has 0 amide bonds. The normalized spacial score (nSPS) is 12.2. The van der Waals surface area contributed by atoms with Gasteiger partial charge in [0, 0.05) is 20.7 Å². The molecule has 1 aromatic carbocycles. The third-order valence-electron chi connectivity index (χ3n) is 3.51. The predicted molar refractivity (Wildman–Crippen MR) is 107 cm³/mol. The van der Waals surface area contributed by atoms with E-state index in [-0.39, 0.29) is 13.0 Å². The van der Waals surface area contributed by atoms with Gasteiger partial charge in [-0.05, 0) is 37.6 Å². The van der Waals surface area contributed by atoms with Crippen LogP contribution in [0.5, 0.6) is 11.5 Å². The van der Waals surface area contributed by atoms with E-state index in [0.717, 1.165) is 11.6 Å². The highest BCUT2D eigenvalue weighted by atomic mass is 31.2. The first kappa shape index (κ1) is 23.2. The first-order valence-electron chi connectivity index (χ1n) is 8.98. The van der Waals surface area contributed by atoms with Crippen molar-refractivity contribution in [3.63, 3.8) is 0 Å². The second-order valence-corrected chi connectivity index (χ2v) is 14.8. The van der Waals surface area contributed by atoms with Gasteiger partial charge in [0.1, 0.15) is 11.5 Å². The lowest BCUT2D eigenvalue weighted by molar-refractivity contribution is 0.0219. The van der Waals surface area contributed by atoms with Gasteiger partial charge in [-0.1, -0.05) is 19.6 Å². The molecule has 0 N–H and O–H groups in total. The van der Waals surface area contributed by atoms with Crippen LogP contribution in [-0.2, 0) is 24.5 Å². The van der Waals surface area contributed by atoms with E-state index in [1.165, 1.54) is 0 Å².